The first-order chi connectivity index (χ1) is 16.6. The number of amides is 1. The molecule has 174 valence electrons. The molecular formula is C27H29N5O2. The maximum atomic E-state index is 13.3. The molecule has 7 heteroatoms. The third kappa shape index (κ3) is 4.79. The highest BCUT2D eigenvalue weighted by atomic mass is 16.5. The minimum Gasteiger partial charge on any atom is -0.491 e. The molecule has 7 nitrogen and oxygen atoms in total. The van der Waals surface area contributed by atoms with Gasteiger partial charge in [0.1, 0.15) is 18.2 Å². The molecule has 0 saturated carbocycles. The molecular weight excluding hydrogens is 426 g/mol. The van der Waals surface area contributed by atoms with Crippen molar-refractivity contribution in [1.29, 1.82) is 0 Å². The third-order valence-electron chi connectivity index (χ3n) is 6.25. The molecule has 0 spiro atoms. The molecule has 0 aliphatic carbocycles. The Morgan fingerprint density at radius 2 is 1.91 bits per heavy atom. The smallest absolute Gasteiger partial charge is 0.254 e. The van der Waals surface area contributed by atoms with Crippen molar-refractivity contribution < 1.29 is 9.53 Å². The van der Waals surface area contributed by atoms with Crippen LogP contribution in [-0.4, -0.2) is 50.4 Å². The summed E-state index contributed by atoms with van der Waals surface area (Å²) in [6.45, 7) is 8.28. The fourth-order valence-corrected chi connectivity index (χ4v) is 4.46. The summed E-state index contributed by atoms with van der Waals surface area (Å²) >= 11 is 0. The Bertz CT molecular complexity index is 1300. The number of fused-ring (bicyclic) bond motifs is 2. The Morgan fingerprint density at radius 1 is 1.09 bits per heavy atom. The van der Waals surface area contributed by atoms with E-state index in [1.54, 1.807) is 0 Å². The van der Waals surface area contributed by atoms with Crippen molar-refractivity contribution in [2.45, 2.75) is 33.5 Å². The summed E-state index contributed by atoms with van der Waals surface area (Å²) in [6.07, 6.45) is 3.67. The maximum Gasteiger partial charge on any atom is 0.254 e. The van der Waals surface area contributed by atoms with Crippen LogP contribution in [0.4, 0.5) is 0 Å². The second-order valence-corrected chi connectivity index (χ2v) is 8.73. The van der Waals surface area contributed by atoms with E-state index in [0.717, 1.165) is 47.8 Å². The number of pyridine rings is 1. The molecule has 1 amide bonds. The van der Waals surface area contributed by atoms with E-state index < -0.39 is 0 Å². The number of carbonyl (C=O) groups is 1. The van der Waals surface area contributed by atoms with Gasteiger partial charge in [0.05, 0.1) is 17.6 Å². The number of aryl methyl sites for hydroxylation is 1. The summed E-state index contributed by atoms with van der Waals surface area (Å²) in [5, 5.41) is 0. The fourth-order valence-electron chi connectivity index (χ4n) is 4.46. The number of hydrogen-bond donors (Lipinski definition) is 1. The van der Waals surface area contributed by atoms with Gasteiger partial charge in [-0.05, 0) is 67.1 Å². The highest BCUT2D eigenvalue weighted by Crippen LogP contribution is 2.26. The average molecular weight is 456 g/mol. The Balaban J connectivity index is 1.33. The lowest BCUT2D eigenvalue weighted by Crippen LogP contribution is -2.32. The third-order valence-corrected chi connectivity index (χ3v) is 6.25. The minimum atomic E-state index is 0.00359. The summed E-state index contributed by atoms with van der Waals surface area (Å²) in [5.41, 5.74) is 5.91. The number of nitrogens with one attached hydrogen (secondary N) is 1. The number of hydrogen-bond acceptors (Lipinski definition) is 5. The highest BCUT2D eigenvalue weighted by molar-refractivity contribution is 5.97. The molecule has 2 aromatic heterocycles. The molecule has 0 saturated heterocycles. The Labute approximate surface area is 199 Å². The van der Waals surface area contributed by atoms with Gasteiger partial charge in [-0.3, -0.25) is 14.7 Å². The largest absolute Gasteiger partial charge is 0.491 e. The second-order valence-electron chi connectivity index (χ2n) is 8.73. The summed E-state index contributed by atoms with van der Waals surface area (Å²) < 4.78 is 5.99. The number of imidazole rings is 1. The van der Waals surface area contributed by atoms with Crippen LogP contribution in [0, 0.1) is 6.92 Å². The van der Waals surface area contributed by atoms with Crippen molar-refractivity contribution in [3.63, 3.8) is 0 Å². The Morgan fingerprint density at radius 3 is 2.74 bits per heavy atom. The van der Waals surface area contributed by atoms with Crippen LogP contribution in [0.1, 0.15) is 39.8 Å². The standard InChI is InChI=1S/C27H29N5O2/c1-3-31(16-20-8-10-28-11-9-20)17-21-4-7-26-23(14-21)18-32(12-13-34-26)27(33)22-5-6-24-25(15-22)30-19(2)29-24/h4-11,14-15H,3,12-13,16-18H2,1-2H3,(H,29,30). The van der Waals surface area contributed by atoms with Gasteiger partial charge < -0.3 is 14.6 Å². The van der Waals surface area contributed by atoms with E-state index in [0.29, 0.717) is 25.3 Å². The summed E-state index contributed by atoms with van der Waals surface area (Å²) in [5.74, 6) is 1.70. The van der Waals surface area contributed by atoms with Crippen molar-refractivity contribution in [3.05, 3.63) is 89.0 Å². The van der Waals surface area contributed by atoms with E-state index in [9.17, 15) is 4.79 Å². The SMILES string of the molecule is CCN(Cc1ccncc1)Cc1ccc2c(c1)CN(C(=O)c1ccc3nc(C)[nH]c3c1)CCO2. The summed E-state index contributed by atoms with van der Waals surface area (Å²) in [6, 6.07) is 16.1. The average Bonchev–Trinajstić information content (AvgIpc) is 3.09. The van der Waals surface area contributed by atoms with Crippen LogP contribution in [0.3, 0.4) is 0 Å². The van der Waals surface area contributed by atoms with Gasteiger partial charge in [0.25, 0.3) is 5.91 Å². The van der Waals surface area contributed by atoms with E-state index in [4.69, 9.17) is 4.74 Å². The van der Waals surface area contributed by atoms with Gasteiger partial charge >= 0.3 is 0 Å². The molecule has 0 unspecified atom stereocenters. The predicted octanol–water partition coefficient (Wildman–Crippen LogP) is 4.32. The van der Waals surface area contributed by atoms with E-state index in [2.05, 4.69) is 51.0 Å². The molecule has 1 aliphatic heterocycles. The van der Waals surface area contributed by atoms with E-state index in [1.807, 2.05) is 48.5 Å². The van der Waals surface area contributed by atoms with Gasteiger partial charge in [-0.1, -0.05) is 13.0 Å². The Kier molecular flexibility index (Phi) is 6.27. The first-order valence-electron chi connectivity index (χ1n) is 11.7. The van der Waals surface area contributed by atoms with Crippen LogP contribution in [0.2, 0.25) is 0 Å². The van der Waals surface area contributed by atoms with Gasteiger partial charge in [0.2, 0.25) is 0 Å². The van der Waals surface area contributed by atoms with Gasteiger partial charge in [-0.2, -0.15) is 0 Å². The molecule has 2 aromatic carbocycles. The van der Waals surface area contributed by atoms with E-state index >= 15 is 0 Å². The summed E-state index contributed by atoms with van der Waals surface area (Å²) in [7, 11) is 0. The number of nitrogens with zero attached hydrogens (tertiary/aromatic N) is 4. The van der Waals surface area contributed by atoms with Gasteiger partial charge in [-0.25, -0.2) is 4.98 Å². The number of H-pyrrole nitrogens is 1. The minimum absolute atomic E-state index is 0.00359. The van der Waals surface area contributed by atoms with Gasteiger partial charge in [0, 0.05) is 43.2 Å². The highest BCUT2D eigenvalue weighted by Gasteiger charge is 2.22. The van der Waals surface area contributed by atoms with E-state index in [1.165, 1.54) is 11.1 Å². The zero-order valence-corrected chi connectivity index (χ0v) is 19.6. The number of ether oxygens (including phenoxy) is 1. The lowest BCUT2D eigenvalue weighted by molar-refractivity contribution is 0.0733. The molecule has 34 heavy (non-hydrogen) atoms. The molecule has 5 rings (SSSR count). The van der Waals surface area contributed by atoms with Crippen LogP contribution in [0.5, 0.6) is 5.75 Å². The number of aromatic nitrogens is 3. The molecule has 3 heterocycles. The van der Waals surface area contributed by atoms with Crippen LogP contribution in [-0.2, 0) is 19.6 Å². The monoisotopic (exact) mass is 455 g/mol. The number of benzene rings is 2. The van der Waals surface area contributed by atoms with E-state index in [-0.39, 0.29) is 5.91 Å². The molecule has 4 aromatic rings. The van der Waals surface area contributed by atoms with Crippen molar-refractivity contribution in [2.75, 3.05) is 19.7 Å². The first kappa shape index (κ1) is 22.1. The van der Waals surface area contributed by atoms with Crippen molar-refractivity contribution in [3.8, 4) is 5.75 Å². The molecule has 0 bridgehead atoms. The summed E-state index contributed by atoms with van der Waals surface area (Å²) in [4.78, 5) is 29.4. The molecule has 0 radical (unpaired) electrons. The van der Waals surface area contributed by atoms with Crippen molar-refractivity contribution in [1.82, 2.24) is 24.8 Å². The fraction of sp³-hybridized carbons (Fsp3) is 0.296. The second kappa shape index (κ2) is 9.65. The molecule has 1 N–H and O–H groups in total. The molecule has 0 atom stereocenters. The van der Waals surface area contributed by atoms with Crippen molar-refractivity contribution in [2.24, 2.45) is 0 Å². The van der Waals surface area contributed by atoms with Crippen LogP contribution < -0.4 is 4.74 Å². The topological polar surface area (TPSA) is 74.4 Å². The van der Waals surface area contributed by atoms with Crippen molar-refractivity contribution >= 4 is 16.9 Å². The first-order valence-corrected chi connectivity index (χ1v) is 11.7. The van der Waals surface area contributed by atoms with Gasteiger partial charge in [0.15, 0.2) is 0 Å². The lowest BCUT2D eigenvalue weighted by Gasteiger charge is -2.22. The van der Waals surface area contributed by atoms with Crippen LogP contribution in [0.15, 0.2) is 60.9 Å². The molecule has 0 fully saturated rings. The normalized spacial score (nSPS) is 13.6. The maximum absolute atomic E-state index is 13.3. The lowest BCUT2D eigenvalue weighted by atomic mass is 10.1. The number of carbonyl (C=O) groups excluding carboxylic acids is 1. The van der Waals surface area contributed by atoms with Crippen LogP contribution >= 0.6 is 0 Å². The van der Waals surface area contributed by atoms with Gasteiger partial charge in [-0.15, -0.1) is 0 Å². The molecule has 1 aliphatic rings. The predicted molar refractivity (Wildman–Crippen MR) is 132 cm³/mol. The zero-order valence-electron chi connectivity index (χ0n) is 19.6. The number of rotatable bonds is 6. The van der Waals surface area contributed by atoms with Crippen LogP contribution in [0.25, 0.3) is 11.0 Å². The Hall–Kier alpha value is -3.71. The quantitative estimate of drug-likeness (QED) is 0.469. The zero-order chi connectivity index (χ0) is 23.5. The number of aromatic amines is 1.